The predicted molar refractivity (Wildman–Crippen MR) is 44.4 cm³/mol. The lowest BCUT2D eigenvalue weighted by atomic mass is 10.2. The van der Waals surface area contributed by atoms with Crippen LogP contribution in [0, 0.1) is 0 Å². The van der Waals surface area contributed by atoms with E-state index >= 15 is 0 Å². The molecule has 11 heavy (non-hydrogen) atoms. The molecule has 4 heteroatoms. The van der Waals surface area contributed by atoms with Crippen molar-refractivity contribution in [3.05, 3.63) is 11.8 Å². The Labute approximate surface area is 68.8 Å². The number of hydrogen-bond acceptors (Lipinski definition) is 2. The molecular formula is C7H7F2NS. The van der Waals surface area contributed by atoms with Crippen LogP contribution >= 0.6 is 12.2 Å². The zero-order valence-electron chi connectivity index (χ0n) is 5.76. The molecule has 1 aliphatic heterocycles. The van der Waals surface area contributed by atoms with E-state index in [1.165, 1.54) is 0 Å². The molecule has 0 saturated carbocycles. The number of rotatable bonds is 2. The van der Waals surface area contributed by atoms with Crippen molar-refractivity contribution >= 4 is 23.3 Å². The van der Waals surface area contributed by atoms with Crippen LogP contribution in [0.25, 0.3) is 0 Å². The molecule has 0 aliphatic carbocycles. The summed E-state index contributed by atoms with van der Waals surface area (Å²) in [5.74, 6) is 0. The summed E-state index contributed by atoms with van der Waals surface area (Å²) in [4.78, 5) is 4.47. The summed E-state index contributed by atoms with van der Waals surface area (Å²) in [6, 6.07) is 0. The molecule has 0 amide bonds. The Bertz CT molecular complexity index is 220. The third kappa shape index (κ3) is 2.84. The Balaban J connectivity index is 2.57. The lowest BCUT2D eigenvalue weighted by molar-refractivity contribution is 0.148. The number of thiocarbonyl (C=S) groups is 1. The lowest BCUT2D eigenvalue weighted by Gasteiger charge is -2.05. The van der Waals surface area contributed by atoms with Crippen LogP contribution < -0.4 is 0 Å². The Hall–Kier alpha value is -0.640. The van der Waals surface area contributed by atoms with E-state index in [1.807, 2.05) is 0 Å². The maximum atomic E-state index is 11.8. The van der Waals surface area contributed by atoms with Gasteiger partial charge in [-0.05, 0) is 6.08 Å². The Morgan fingerprint density at radius 2 is 2.36 bits per heavy atom. The number of allylic oxidation sites excluding steroid dienone is 2. The van der Waals surface area contributed by atoms with Gasteiger partial charge in [-0.1, -0.05) is 12.2 Å². The van der Waals surface area contributed by atoms with Crippen molar-refractivity contribution in [3.63, 3.8) is 0 Å². The van der Waals surface area contributed by atoms with Crippen LogP contribution in [0.3, 0.4) is 0 Å². The first-order valence-corrected chi connectivity index (χ1v) is 3.63. The average Bonchev–Trinajstić information content (AvgIpc) is 1.85. The van der Waals surface area contributed by atoms with E-state index in [2.05, 4.69) is 4.99 Å². The summed E-state index contributed by atoms with van der Waals surface area (Å²) >= 11 is 4.82. The maximum absolute atomic E-state index is 11.8. The van der Waals surface area contributed by atoms with Crippen LogP contribution in [-0.2, 0) is 0 Å². The summed E-state index contributed by atoms with van der Waals surface area (Å²) in [7, 11) is 0. The molecule has 1 nitrogen and oxygen atoms in total. The molecular weight excluding hydrogens is 168 g/mol. The first kappa shape index (κ1) is 8.46. The van der Waals surface area contributed by atoms with Gasteiger partial charge >= 0.3 is 0 Å². The minimum absolute atomic E-state index is 0.295. The van der Waals surface area contributed by atoms with E-state index in [4.69, 9.17) is 12.2 Å². The van der Waals surface area contributed by atoms with Crippen molar-refractivity contribution in [1.82, 2.24) is 0 Å². The molecule has 1 heterocycles. The SMILES string of the molecule is FC(F)CC1=CC(=S)CC=N1. The second-order valence-corrected chi connectivity index (χ2v) is 2.74. The highest BCUT2D eigenvalue weighted by Crippen LogP contribution is 2.14. The number of aliphatic imine (C=N–C) groups is 1. The van der Waals surface area contributed by atoms with E-state index in [0.29, 0.717) is 17.0 Å². The number of nitrogens with zero attached hydrogens (tertiary/aromatic N) is 1. The highest BCUT2D eigenvalue weighted by atomic mass is 32.1. The minimum Gasteiger partial charge on any atom is -0.265 e. The van der Waals surface area contributed by atoms with Gasteiger partial charge in [0, 0.05) is 23.2 Å². The average molecular weight is 175 g/mol. The third-order valence-electron chi connectivity index (χ3n) is 1.24. The number of hydrogen-bond donors (Lipinski definition) is 0. The molecule has 0 spiro atoms. The Kier molecular flexibility index (Phi) is 2.82. The van der Waals surface area contributed by atoms with Crippen LogP contribution in [0.1, 0.15) is 12.8 Å². The molecule has 0 unspecified atom stereocenters. The molecule has 0 bridgehead atoms. The number of alkyl halides is 2. The first-order chi connectivity index (χ1) is 5.18. The van der Waals surface area contributed by atoms with Gasteiger partial charge in [-0.2, -0.15) is 0 Å². The fourth-order valence-corrected chi connectivity index (χ4v) is 1.02. The zero-order valence-corrected chi connectivity index (χ0v) is 6.57. The topological polar surface area (TPSA) is 12.4 Å². The summed E-state index contributed by atoms with van der Waals surface area (Å²) in [5.41, 5.74) is 0.385. The largest absolute Gasteiger partial charge is 0.265 e. The van der Waals surface area contributed by atoms with E-state index in [0.717, 1.165) is 0 Å². The lowest BCUT2D eigenvalue weighted by Crippen LogP contribution is -2.01. The van der Waals surface area contributed by atoms with Crippen molar-refractivity contribution in [2.24, 2.45) is 4.99 Å². The van der Waals surface area contributed by atoms with Crippen LogP contribution in [0.2, 0.25) is 0 Å². The molecule has 0 aromatic carbocycles. The quantitative estimate of drug-likeness (QED) is 0.587. The van der Waals surface area contributed by atoms with Crippen LogP contribution in [0.4, 0.5) is 8.78 Å². The fraction of sp³-hybridized carbons (Fsp3) is 0.429. The summed E-state index contributed by atoms with van der Waals surface area (Å²) in [6.45, 7) is 0. The van der Waals surface area contributed by atoms with Gasteiger partial charge in [0.15, 0.2) is 0 Å². The molecule has 1 rings (SSSR count). The van der Waals surface area contributed by atoms with Crippen molar-refractivity contribution in [1.29, 1.82) is 0 Å². The third-order valence-corrected chi connectivity index (χ3v) is 1.53. The monoisotopic (exact) mass is 175 g/mol. The molecule has 0 radical (unpaired) electrons. The Morgan fingerprint density at radius 3 is 2.91 bits per heavy atom. The summed E-state index contributed by atoms with van der Waals surface area (Å²) < 4.78 is 23.6. The smallest absolute Gasteiger partial charge is 0.244 e. The van der Waals surface area contributed by atoms with E-state index in [1.54, 1.807) is 12.3 Å². The van der Waals surface area contributed by atoms with Gasteiger partial charge in [-0.25, -0.2) is 8.78 Å². The Morgan fingerprint density at radius 1 is 1.64 bits per heavy atom. The fourth-order valence-electron chi connectivity index (χ4n) is 0.805. The maximum Gasteiger partial charge on any atom is 0.244 e. The molecule has 0 fully saturated rings. The standard InChI is InChI=1S/C7H7F2NS/c8-7(9)4-5-3-6(11)1-2-10-5/h2-3,7H,1,4H2. The highest BCUT2D eigenvalue weighted by Gasteiger charge is 2.08. The van der Waals surface area contributed by atoms with Crippen molar-refractivity contribution in [2.75, 3.05) is 0 Å². The second kappa shape index (κ2) is 3.67. The first-order valence-electron chi connectivity index (χ1n) is 3.22. The molecule has 0 atom stereocenters. The van der Waals surface area contributed by atoms with Gasteiger partial charge in [0.2, 0.25) is 6.43 Å². The van der Waals surface area contributed by atoms with Crippen LogP contribution in [-0.4, -0.2) is 17.5 Å². The molecule has 0 saturated heterocycles. The van der Waals surface area contributed by atoms with Crippen molar-refractivity contribution in [2.45, 2.75) is 19.3 Å². The molecule has 0 aromatic heterocycles. The highest BCUT2D eigenvalue weighted by molar-refractivity contribution is 7.80. The van der Waals surface area contributed by atoms with Gasteiger partial charge in [0.1, 0.15) is 0 Å². The van der Waals surface area contributed by atoms with Gasteiger partial charge in [-0.15, -0.1) is 0 Å². The van der Waals surface area contributed by atoms with Crippen molar-refractivity contribution in [3.8, 4) is 0 Å². The van der Waals surface area contributed by atoms with E-state index < -0.39 is 6.43 Å². The van der Waals surface area contributed by atoms with Gasteiger partial charge in [0.25, 0.3) is 0 Å². The summed E-state index contributed by atoms with van der Waals surface area (Å²) in [6.07, 6.45) is 1.08. The van der Waals surface area contributed by atoms with E-state index in [-0.39, 0.29) is 6.42 Å². The molecule has 0 N–H and O–H groups in total. The second-order valence-electron chi connectivity index (χ2n) is 2.21. The van der Waals surface area contributed by atoms with E-state index in [9.17, 15) is 8.78 Å². The number of halogens is 2. The van der Waals surface area contributed by atoms with Gasteiger partial charge in [0.05, 0.1) is 6.42 Å². The van der Waals surface area contributed by atoms with Gasteiger partial charge in [-0.3, -0.25) is 4.99 Å². The summed E-state index contributed by atoms with van der Waals surface area (Å²) in [5, 5.41) is 0. The normalized spacial score (nSPS) is 17.4. The minimum atomic E-state index is -2.33. The molecule has 60 valence electrons. The molecule has 1 aliphatic rings. The van der Waals surface area contributed by atoms with Gasteiger partial charge < -0.3 is 0 Å². The van der Waals surface area contributed by atoms with Crippen LogP contribution in [0.5, 0.6) is 0 Å². The molecule has 0 aromatic rings. The predicted octanol–water partition coefficient (Wildman–Crippen LogP) is 2.37. The van der Waals surface area contributed by atoms with Crippen LogP contribution in [0.15, 0.2) is 16.8 Å². The zero-order chi connectivity index (χ0) is 8.27. The van der Waals surface area contributed by atoms with Crippen molar-refractivity contribution < 1.29 is 8.78 Å².